The van der Waals surface area contributed by atoms with Gasteiger partial charge in [0.05, 0.1) is 6.61 Å². The first-order valence-electron chi connectivity index (χ1n) is 9.72. The fourth-order valence-corrected chi connectivity index (χ4v) is 2.86. The van der Waals surface area contributed by atoms with Crippen molar-refractivity contribution in [1.82, 2.24) is 5.32 Å². The minimum absolute atomic E-state index is 0.297. The molecule has 3 aromatic carbocycles. The number of nitrogens with one attached hydrogen (secondary N) is 3. The van der Waals surface area contributed by atoms with Gasteiger partial charge in [-0.15, -0.1) is 0 Å². The fraction of sp³-hybridized carbons (Fsp3) is 0.125. The van der Waals surface area contributed by atoms with E-state index in [1.165, 1.54) is 0 Å². The Labute approximate surface area is 180 Å². The third kappa shape index (κ3) is 6.25. The van der Waals surface area contributed by atoms with E-state index < -0.39 is 0 Å². The Kier molecular flexibility index (Phi) is 7.50. The van der Waals surface area contributed by atoms with Crippen LogP contribution >= 0.6 is 0 Å². The topological polar surface area (TPSA) is 96.5 Å². The zero-order chi connectivity index (χ0) is 22.1. The van der Waals surface area contributed by atoms with Crippen molar-refractivity contribution in [3.63, 3.8) is 0 Å². The van der Waals surface area contributed by atoms with Gasteiger partial charge in [-0.1, -0.05) is 36.4 Å². The maximum Gasteiger partial charge on any atom is 0.255 e. The smallest absolute Gasteiger partial charge is 0.255 e. The highest BCUT2D eigenvalue weighted by atomic mass is 16.5. The van der Waals surface area contributed by atoms with Crippen molar-refractivity contribution in [1.29, 1.82) is 0 Å². The maximum absolute atomic E-state index is 12.5. The molecule has 0 unspecified atom stereocenters. The molecule has 0 aliphatic rings. The van der Waals surface area contributed by atoms with Crippen molar-refractivity contribution in [2.24, 2.45) is 0 Å². The van der Waals surface area contributed by atoms with Crippen LogP contribution in [0.25, 0.3) is 0 Å². The third-order valence-electron chi connectivity index (χ3n) is 4.37. The Balaban J connectivity index is 1.85. The Hall–Kier alpha value is -3.97. The van der Waals surface area contributed by atoms with Crippen molar-refractivity contribution >= 4 is 29.1 Å². The number of methoxy groups -OCH3 is 1. The van der Waals surface area contributed by atoms with Gasteiger partial charge in [0, 0.05) is 41.7 Å². The van der Waals surface area contributed by atoms with E-state index in [0.717, 1.165) is 0 Å². The van der Waals surface area contributed by atoms with E-state index in [4.69, 9.17) is 4.74 Å². The van der Waals surface area contributed by atoms with E-state index in [-0.39, 0.29) is 17.7 Å². The molecule has 0 heterocycles. The van der Waals surface area contributed by atoms with Gasteiger partial charge in [0.15, 0.2) is 0 Å². The zero-order valence-corrected chi connectivity index (χ0v) is 17.1. The molecule has 0 spiro atoms. The van der Waals surface area contributed by atoms with Crippen LogP contribution < -0.4 is 16.0 Å². The van der Waals surface area contributed by atoms with Crippen LogP contribution in [0.3, 0.4) is 0 Å². The second-order valence-corrected chi connectivity index (χ2v) is 6.69. The molecule has 7 nitrogen and oxygen atoms in total. The molecule has 0 aromatic heterocycles. The normalized spacial score (nSPS) is 10.2. The average Bonchev–Trinajstić information content (AvgIpc) is 2.80. The van der Waals surface area contributed by atoms with Gasteiger partial charge in [-0.2, -0.15) is 0 Å². The van der Waals surface area contributed by atoms with Gasteiger partial charge in [-0.25, -0.2) is 0 Å². The van der Waals surface area contributed by atoms with Gasteiger partial charge in [-0.3, -0.25) is 14.4 Å². The Morgan fingerprint density at radius 1 is 0.677 bits per heavy atom. The summed E-state index contributed by atoms with van der Waals surface area (Å²) in [4.78, 5) is 37.6. The molecule has 0 saturated carbocycles. The fourth-order valence-electron chi connectivity index (χ4n) is 2.86. The first-order chi connectivity index (χ1) is 15.1. The van der Waals surface area contributed by atoms with Gasteiger partial charge in [0.1, 0.15) is 0 Å². The highest BCUT2D eigenvalue weighted by Gasteiger charge is 2.13. The van der Waals surface area contributed by atoms with Crippen LogP contribution in [0, 0.1) is 0 Å². The SMILES string of the molecule is COCCNC(=O)c1cc(NC(=O)c2ccccc2)cc(NC(=O)c2ccccc2)c1. The van der Waals surface area contributed by atoms with E-state index in [9.17, 15) is 14.4 Å². The summed E-state index contributed by atoms with van der Waals surface area (Å²) in [5.74, 6) is -0.987. The lowest BCUT2D eigenvalue weighted by atomic mass is 10.1. The molecule has 0 aliphatic carbocycles. The molecule has 0 radical (unpaired) electrons. The Bertz CT molecular complexity index is 981. The molecule has 7 heteroatoms. The minimum atomic E-state index is -0.344. The van der Waals surface area contributed by atoms with Gasteiger partial charge < -0.3 is 20.7 Å². The summed E-state index contributed by atoms with van der Waals surface area (Å²) < 4.78 is 4.95. The maximum atomic E-state index is 12.5. The first kappa shape index (κ1) is 21.7. The molecule has 3 rings (SSSR count). The monoisotopic (exact) mass is 417 g/mol. The van der Waals surface area contributed by atoms with Crippen molar-refractivity contribution in [3.8, 4) is 0 Å². The zero-order valence-electron chi connectivity index (χ0n) is 17.1. The van der Waals surface area contributed by atoms with Gasteiger partial charge in [-0.05, 0) is 42.5 Å². The summed E-state index contributed by atoms with van der Waals surface area (Å²) in [5.41, 5.74) is 2.03. The van der Waals surface area contributed by atoms with Crippen LogP contribution in [0.1, 0.15) is 31.1 Å². The van der Waals surface area contributed by atoms with Crippen LogP contribution in [0.2, 0.25) is 0 Å². The summed E-state index contributed by atoms with van der Waals surface area (Å²) in [5, 5.41) is 8.29. The lowest BCUT2D eigenvalue weighted by molar-refractivity contribution is 0.0935. The minimum Gasteiger partial charge on any atom is -0.383 e. The summed E-state index contributed by atoms with van der Waals surface area (Å²) in [6, 6.07) is 22.2. The summed E-state index contributed by atoms with van der Waals surface area (Å²) in [6.07, 6.45) is 0. The van der Waals surface area contributed by atoms with Crippen LogP contribution in [0.15, 0.2) is 78.9 Å². The molecule has 3 N–H and O–H groups in total. The predicted octanol–water partition coefficient (Wildman–Crippen LogP) is 3.57. The molecular weight excluding hydrogens is 394 g/mol. The highest BCUT2D eigenvalue weighted by Crippen LogP contribution is 2.21. The molecular formula is C24H23N3O4. The number of hydrogen-bond acceptors (Lipinski definition) is 4. The Morgan fingerprint density at radius 3 is 1.61 bits per heavy atom. The lowest BCUT2D eigenvalue weighted by Gasteiger charge is -2.13. The van der Waals surface area contributed by atoms with Crippen molar-refractivity contribution in [2.75, 3.05) is 30.9 Å². The predicted molar refractivity (Wildman–Crippen MR) is 119 cm³/mol. The molecule has 158 valence electrons. The van der Waals surface area contributed by atoms with Crippen molar-refractivity contribution in [2.45, 2.75) is 0 Å². The molecule has 0 fully saturated rings. The van der Waals surface area contributed by atoms with Crippen molar-refractivity contribution in [3.05, 3.63) is 95.6 Å². The standard InChI is InChI=1S/C24H23N3O4/c1-31-13-12-25-22(28)19-14-20(26-23(29)17-8-4-2-5-9-17)16-21(15-19)27-24(30)18-10-6-3-7-11-18/h2-11,14-16H,12-13H2,1H3,(H,25,28)(H,26,29)(H,27,30). The van der Waals surface area contributed by atoms with Gasteiger partial charge in [0.25, 0.3) is 17.7 Å². The highest BCUT2D eigenvalue weighted by molar-refractivity contribution is 6.08. The molecule has 0 atom stereocenters. The van der Waals surface area contributed by atoms with E-state index >= 15 is 0 Å². The Morgan fingerprint density at radius 2 is 1.16 bits per heavy atom. The molecule has 31 heavy (non-hydrogen) atoms. The van der Waals surface area contributed by atoms with Crippen LogP contribution in [-0.2, 0) is 4.74 Å². The molecule has 0 aliphatic heterocycles. The average molecular weight is 417 g/mol. The molecule has 0 bridgehead atoms. The molecule has 3 aromatic rings. The summed E-state index contributed by atoms with van der Waals surface area (Å²) in [6.45, 7) is 0.704. The van der Waals surface area contributed by atoms with Gasteiger partial charge >= 0.3 is 0 Å². The quantitative estimate of drug-likeness (QED) is 0.488. The lowest BCUT2D eigenvalue weighted by Crippen LogP contribution is -2.27. The van der Waals surface area contributed by atoms with Crippen molar-refractivity contribution < 1.29 is 19.1 Å². The summed E-state index contributed by atoms with van der Waals surface area (Å²) >= 11 is 0. The second-order valence-electron chi connectivity index (χ2n) is 6.69. The number of anilines is 2. The number of hydrogen-bond donors (Lipinski definition) is 3. The number of benzene rings is 3. The third-order valence-corrected chi connectivity index (χ3v) is 4.37. The molecule has 3 amide bonds. The number of carbonyl (C=O) groups excluding carboxylic acids is 3. The number of rotatable bonds is 8. The number of ether oxygens (including phenoxy) is 1. The van der Waals surface area contributed by atoms with Gasteiger partial charge in [0.2, 0.25) is 0 Å². The van der Waals surface area contributed by atoms with Crippen LogP contribution in [0.4, 0.5) is 11.4 Å². The van der Waals surface area contributed by atoms with Crippen LogP contribution in [-0.4, -0.2) is 38.0 Å². The van der Waals surface area contributed by atoms with E-state index in [1.54, 1.807) is 73.8 Å². The van der Waals surface area contributed by atoms with E-state index in [2.05, 4.69) is 16.0 Å². The number of amides is 3. The van der Waals surface area contributed by atoms with Crippen LogP contribution in [0.5, 0.6) is 0 Å². The van der Waals surface area contributed by atoms with E-state index in [0.29, 0.717) is 41.2 Å². The first-order valence-corrected chi connectivity index (χ1v) is 9.72. The largest absolute Gasteiger partial charge is 0.383 e. The number of carbonyl (C=O) groups is 3. The summed E-state index contributed by atoms with van der Waals surface area (Å²) in [7, 11) is 1.54. The molecule has 0 saturated heterocycles. The van der Waals surface area contributed by atoms with E-state index in [1.807, 2.05) is 12.1 Å². The second kappa shape index (κ2) is 10.7.